The van der Waals surface area contributed by atoms with E-state index in [-0.39, 0.29) is 11.3 Å². The molecule has 0 saturated carbocycles. The summed E-state index contributed by atoms with van der Waals surface area (Å²) in [5.74, 6) is -1.00. The minimum absolute atomic E-state index is 0.0397. The molecule has 0 aliphatic carbocycles. The molecule has 2 heterocycles. The van der Waals surface area contributed by atoms with E-state index in [4.69, 9.17) is 9.72 Å². The molecule has 0 spiro atoms. The molecule has 1 amide bonds. The second-order valence-corrected chi connectivity index (χ2v) is 9.70. The van der Waals surface area contributed by atoms with Crippen LogP contribution in [0.4, 0.5) is 5.13 Å². The highest BCUT2D eigenvalue weighted by atomic mass is 32.1. The highest BCUT2D eigenvalue weighted by Gasteiger charge is 2.48. The summed E-state index contributed by atoms with van der Waals surface area (Å²) in [7, 11) is 1.57. The third-order valence-corrected chi connectivity index (χ3v) is 7.25. The summed E-state index contributed by atoms with van der Waals surface area (Å²) in [5, 5.41) is 11.8. The number of rotatable bonds is 4. The highest BCUT2D eigenvalue weighted by Crippen LogP contribution is 2.44. The lowest BCUT2D eigenvalue weighted by Gasteiger charge is -2.23. The Hall–Kier alpha value is -3.97. The number of carbonyl (C=O) groups is 2. The molecule has 176 valence electrons. The number of aromatic nitrogens is 1. The van der Waals surface area contributed by atoms with Gasteiger partial charge < -0.3 is 9.84 Å². The Morgan fingerprint density at radius 1 is 1.00 bits per heavy atom. The first-order chi connectivity index (χ1) is 16.8. The molecule has 1 atom stereocenters. The Morgan fingerprint density at radius 2 is 1.74 bits per heavy atom. The minimum atomic E-state index is -0.805. The topological polar surface area (TPSA) is 79.7 Å². The number of carbonyl (C=O) groups excluding carboxylic acids is 2. The van der Waals surface area contributed by atoms with Gasteiger partial charge in [0.25, 0.3) is 5.78 Å². The monoisotopic (exact) mass is 484 g/mol. The zero-order valence-electron chi connectivity index (χ0n) is 19.8. The van der Waals surface area contributed by atoms with Crippen molar-refractivity contribution in [3.63, 3.8) is 0 Å². The van der Waals surface area contributed by atoms with Crippen molar-refractivity contribution in [2.24, 2.45) is 0 Å². The summed E-state index contributed by atoms with van der Waals surface area (Å²) in [4.78, 5) is 33.0. The van der Waals surface area contributed by atoms with Gasteiger partial charge in [-0.3, -0.25) is 14.5 Å². The Kier molecular flexibility index (Phi) is 5.65. The number of ether oxygens (including phenoxy) is 1. The molecule has 1 saturated heterocycles. The van der Waals surface area contributed by atoms with Crippen LogP contribution in [0.3, 0.4) is 0 Å². The number of hydrogen-bond acceptors (Lipinski definition) is 6. The first-order valence-corrected chi connectivity index (χ1v) is 12.0. The fraction of sp³-hybridized carbons (Fsp3) is 0.179. The van der Waals surface area contributed by atoms with Crippen molar-refractivity contribution in [3.8, 4) is 5.75 Å². The maximum absolute atomic E-state index is 13.4. The van der Waals surface area contributed by atoms with E-state index in [0.29, 0.717) is 22.0 Å². The molecule has 5 rings (SSSR count). The second-order valence-electron chi connectivity index (χ2n) is 8.69. The Bertz CT molecular complexity index is 1520. The fourth-order valence-corrected chi connectivity index (χ4v) is 5.79. The molecule has 0 bridgehead atoms. The first kappa shape index (κ1) is 22.8. The lowest BCUT2D eigenvalue weighted by atomic mass is 9.95. The summed E-state index contributed by atoms with van der Waals surface area (Å²) in [6.07, 6.45) is 0. The van der Waals surface area contributed by atoms with Gasteiger partial charge in [-0.05, 0) is 67.3 Å². The fourth-order valence-electron chi connectivity index (χ4n) is 4.62. The summed E-state index contributed by atoms with van der Waals surface area (Å²) in [6, 6.07) is 17.7. The highest BCUT2D eigenvalue weighted by molar-refractivity contribution is 7.22. The number of nitrogens with zero attached hydrogens (tertiary/aromatic N) is 2. The van der Waals surface area contributed by atoms with Gasteiger partial charge in [0.2, 0.25) is 0 Å². The van der Waals surface area contributed by atoms with Crippen molar-refractivity contribution in [1.82, 2.24) is 4.98 Å². The van der Waals surface area contributed by atoms with Gasteiger partial charge in [-0.15, -0.1) is 0 Å². The number of thiazole rings is 1. The molecule has 0 radical (unpaired) electrons. The molecule has 1 fully saturated rings. The van der Waals surface area contributed by atoms with Crippen LogP contribution in [0, 0.1) is 20.8 Å². The normalized spacial score (nSPS) is 17.4. The van der Waals surface area contributed by atoms with Crippen LogP contribution < -0.4 is 9.64 Å². The number of methoxy groups -OCH3 is 1. The summed E-state index contributed by atoms with van der Waals surface area (Å²) >= 11 is 1.37. The maximum Gasteiger partial charge on any atom is 0.301 e. The van der Waals surface area contributed by atoms with Crippen LogP contribution in [-0.2, 0) is 9.59 Å². The van der Waals surface area contributed by atoms with Crippen molar-refractivity contribution in [2.45, 2.75) is 26.8 Å². The lowest BCUT2D eigenvalue weighted by molar-refractivity contribution is -0.132. The van der Waals surface area contributed by atoms with Crippen molar-refractivity contribution in [2.75, 3.05) is 12.0 Å². The van der Waals surface area contributed by atoms with Gasteiger partial charge in [0.05, 0.1) is 28.9 Å². The van der Waals surface area contributed by atoms with Gasteiger partial charge in [-0.1, -0.05) is 47.7 Å². The molecule has 7 heteroatoms. The van der Waals surface area contributed by atoms with Gasteiger partial charge >= 0.3 is 5.91 Å². The van der Waals surface area contributed by atoms with E-state index in [9.17, 15) is 14.7 Å². The lowest BCUT2D eigenvalue weighted by Crippen LogP contribution is -2.29. The summed E-state index contributed by atoms with van der Waals surface area (Å²) < 4.78 is 6.26. The van der Waals surface area contributed by atoms with Crippen LogP contribution in [0.25, 0.3) is 16.0 Å². The van der Waals surface area contributed by atoms with Crippen LogP contribution in [0.15, 0.2) is 66.2 Å². The molecule has 1 N–H and O–H groups in total. The smallest absolute Gasteiger partial charge is 0.301 e. The zero-order valence-corrected chi connectivity index (χ0v) is 20.6. The van der Waals surface area contributed by atoms with E-state index in [1.165, 1.54) is 16.2 Å². The van der Waals surface area contributed by atoms with Crippen LogP contribution in [0.1, 0.15) is 33.9 Å². The molecule has 6 nitrogen and oxygen atoms in total. The van der Waals surface area contributed by atoms with E-state index in [1.54, 1.807) is 25.3 Å². The number of fused-ring (bicyclic) bond motifs is 1. The van der Waals surface area contributed by atoms with Gasteiger partial charge in [0.15, 0.2) is 5.13 Å². The molecule has 35 heavy (non-hydrogen) atoms. The van der Waals surface area contributed by atoms with Crippen molar-refractivity contribution < 1.29 is 19.4 Å². The van der Waals surface area contributed by atoms with E-state index < -0.39 is 17.7 Å². The molecule has 3 aromatic carbocycles. The molecule has 4 aromatic rings. The summed E-state index contributed by atoms with van der Waals surface area (Å²) in [6.45, 7) is 5.85. The second kappa shape index (κ2) is 8.67. The van der Waals surface area contributed by atoms with Crippen LogP contribution in [-0.4, -0.2) is 28.9 Å². The van der Waals surface area contributed by atoms with E-state index in [0.717, 1.165) is 26.9 Å². The molecule has 1 aliphatic heterocycles. The van der Waals surface area contributed by atoms with E-state index in [1.807, 2.05) is 63.2 Å². The van der Waals surface area contributed by atoms with Crippen LogP contribution in [0.5, 0.6) is 5.75 Å². The largest absolute Gasteiger partial charge is 0.507 e. The zero-order chi connectivity index (χ0) is 24.9. The Morgan fingerprint density at radius 3 is 2.43 bits per heavy atom. The number of amides is 1. The molecule has 1 aromatic heterocycles. The van der Waals surface area contributed by atoms with Gasteiger partial charge in [0.1, 0.15) is 11.5 Å². The quantitative estimate of drug-likeness (QED) is 0.223. The number of aliphatic hydroxyl groups excluding tert-OH is 1. The Balaban J connectivity index is 1.72. The standard InChI is InChI=1S/C28H24N2O4S/c1-15-12-17(3)23-21(13-15)35-28(29-23)30-24(18-8-6-5-7-9-18)22(26(32)27(30)33)25(31)19-10-11-20(34-4)16(2)14-19/h5-14,24,31H,1-4H3/b25-22+. The number of aryl methyl sites for hydroxylation is 3. The average Bonchev–Trinajstić information content (AvgIpc) is 3.38. The minimum Gasteiger partial charge on any atom is -0.507 e. The molecule has 1 unspecified atom stereocenters. The van der Waals surface area contributed by atoms with E-state index in [2.05, 4.69) is 0 Å². The van der Waals surface area contributed by atoms with E-state index >= 15 is 0 Å². The number of Topliss-reactive ketones (excluding diaryl/α,β-unsaturated/α-hetero) is 1. The third kappa shape index (κ3) is 3.78. The summed E-state index contributed by atoms with van der Waals surface area (Å²) in [5.41, 5.74) is 4.90. The molecular formula is C28H24N2O4S. The average molecular weight is 485 g/mol. The SMILES string of the molecule is COc1ccc(/C(O)=C2\C(=O)C(=O)N(c3nc4c(C)cc(C)cc4s3)C2c2ccccc2)cc1C. The van der Waals surface area contributed by atoms with Gasteiger partial charge in [0, 0.05) is 5.56 Å². The number of ketones is 1. The number of aliphatic hydroxyl groups is 1. The van der Waals surface area contributed by atoms with Crippen LogP contribution >= 0.6 is 11.3 Å². The maximum atomic E-state index is 13.4. The van der Waals surface area contributed by atoms with Crippen LogP contribution in [0.2, 0.25) is 0 Å². The van der Waals surface area contributed by atoms with Crippen molar-refractivity contribution >= 4 is 44.1 Å². The predicted octanol–water partition coefficient (Wildman–Crippen LogP) is 5.86. The Labute approximate surface area is 207 Å². The predicted molar refractivity (Wildman–Crippen MR) is 138 cm³/mol. The van der Waals surface area contributed by atoms with Gasteiger partial charge in [-0.25, -0.2) is 4.98 Å². The number of anilines is 1. The van der Waals surface area contributed by atoms with Crippen molar-refractivity contribution in [1.29, 1.82) is 0 Å². The molecular weight excluding hydrogens is 460 g/mol. The van der Waals surface area contributed by atoms with Crippen molar-refractivity contribution in [3.05, 3.63) is 94.1 Å². The first-order valence-electron chi connectivity index (χ1n) is 11.2. The number of benzene rings is 3. The third-order valence-electron chi connectivity index (χ3n) is 6.25. The number of hydrogen-bond donors (Lipinski definition) is 1. The molecule has 1 aliphatic rings. The van der Waals surface area contributed by atoms with Gasteiger partial charge in [-0.2, -0.15) is 0 Å².